The third-order valence-electron chi connectivity index (χ3n) is 3.58. The van der Waals surface area contributed by atoms with Gasteiger partial charge in [0.2, 0.25) is 0 Å². The van der Waals surface area contributed by atoms with Gasteiger partial charge in [0.05, 0.1) is 0 Å². The van der Waals surface area contributed by atoms with Crippen LogP contribution in [-0.2, 0) is 6.42 Å². The number of rotatable bonds is 3. The van der Waals surface area contributed by atoms with Crippen LogP contribution in [0.3, 0.4) is 0 Å². The van der Waals surface area contributed by atoms with Crippen molar-refractivity contribution in [1.82, 2.24) is 5.32 Å². The summed E-state index contributed by atoms with van der Waals surface area (Å²) in [4.78, 5) is 0. The molecule has 1 aliphatic rings. The normalized spacial score (nSPS) is 19.2. The lowest BCUT2D eigenvalue weighted by atomic mass is 9.75. The van der Waals surface area contributed by atoms with E-state index in [9.17, 15) is 5.11 Å². The monoisotopic (exact) mass is 317 g/mol. The van der Waals surface area contributed by atoms with Gasteiger partial charge in [0, 0.05) is 16.1 Å². The Morgan fingerprint density at radius 1 is 1.35 bits per heavy atom. The predicted octanol–water partition coefficient (Wildman–Crippen LogP) is 3.01. The molecule has 1 aromatic carbocycles. The highest BCUT2D eigenvalue weighted by Crippen LogP contribution is 2.35. The lowest BCUT2D eigenvalue weighted by molar-refractivity contribution is 0.0893. The van der Waals surface area contributed by atoms with Gasteiger partial charge in [-0.2, -0.15) is 0 Å². The Kier molecular flexibility index (Phi) is 4.47. The highest BCUT2D eigenvalue weighted by atomic mass is 79.9. The summed E-state index contributed by atoms with van der Waals surface area (Å²) in [6.45, 7) is 2.20. The number of hydrogen-bond acceptors (Lipinski definition) is 2. The lowest BCUT2D eigenvalue weighted by Crippen LogP contribution is -2.40. The van der Waals surface area contributed by atoms with Gasteiger partial charge in [0.15, 0.2) is 0 Å². The van der Waals surface area contributed by atoms with Crippen molar-refractivity contribution in [2.75, 3.05) is 19.7 Å². The van der Waals surface area contributed by atoms with E-state index < -0.39 is 0 Å². The molecular weight excluding hydrogens is 302 g/mol. The van der Waals surface area contributed by atoms with E-state index in [0.717, 1.165) is 47.4 Å². The van der Waals surface area contributed by atoms with Crippen LogP contribution in [-0.4, -0.2) is 24.8 Å². The maximum absolute atomic E-state index is 9.67. The molecule has 0 saturated carbocycles. The Bertz CT molecular complexity index is 391. The molecule has 94 valence electrons. The molecule has 1 fully saturated rings. The minimum Gasteiger partial charge on any atom is -0.396 e. The first-order valence-electron chi connectivity index (χ1n) is 5.91. The molecule has 0 aliphatic carbocycles. The van der Waals surface area contributed by atoms with Gasteiger partial charge in [-0.15, -0.1) is 0 Å². The fourth-order valence-corrected chi connectivity index (χ4v) is 3.16. The number of aliphatic hydroxyl groups is 1. The highest BCUT2D eigenvalue weighted by molar-refractivity contribution is 9.10. The van der Waals surface area contributed by atoms with Crippen LogP contribution >= 0.6 is 27.5 Å². The third-order valence-corrected chi connectivity index (χ3v) is 4.43. The molecule has 1 saturated heterocycles. The van der Waals surface area contributed by atoms with E-state index in [1.54, 1.807) is 0 Å². The van der Waals surface area contributed by atoms with Crippen molar-refractivity contribution in [2.24, 2.45) is 5.41 Å². The molecule has 0 atom stereocenters. The Morgan fingerprint density at radius 2 is 2.06 bits per heavy atom. The van der Waals surface area contributed by atoms with Crippen LogP contribution in [0.25, 0.3) is 0 Å². The summed E-state index contributed by atoms with van der Waals surface area (Å²) in [5, 5.41) is 13.8. The molecule has 0 spiro atoms. The van der Waals surface area contributed by atoms with Gasteiger partial charge < -0.3 is 10.4 Å². The van der Waals surface area contributed by atoms with Gasteiger partial charge in [-0.3, -0.25) is 0 Å². The zero-order valence-corrected chi connectivity index (χ0v) is 12.0. The molecule has 0 aromatic heterocycles. The molecule has 4 heteroatoms. The molecule has 2 N–H and O–H groups in total. The molecule has 1 aliphatic heterocycles. The summed E-state index contributed by atoms with van der Waals surface area (Å²) in [5.74, 6) is 0. The number of aliphatic hydroxyl groups excluding tert-OH is 1. The van der Waals surface area contributed by atoms with E-state index in [4.69, 9.17) is 11.6 Å². The highest BCUT2D eigenvalue weighted by Gasteiger charge is 2.32. The molecule has 2 rings (SSSR count). The largest absolute Gasteiger partial charge is 0.396 e. The standard InChI is InChI=1S/C13H17BrClNO/c14-11-2-1-10(12(15)7-11)8-13(9-17)3-5-16-6-4-13/h1-2,7,16-17H,3-6,8-9H2. The average Bonchev–Trinajstić information content (AvgIpc) is 2.34. The zero-order chi connectivity index (χ0) is 12.3. The van der Waals surface area contributed by atoms with Gasteiger partial charge in [0.25, 0.3) is 0 Å². The fraction of sp³-hybridized carbons (Fsp3) is 0.538. The maximum atomic E-state index is 9.67. The first-order chi connectivity index (χ1) is 8.15. The molecule has 17 heavy (non-hydrogen) atoms. The van der Waals surface area contributed by atoms with Crippen LogP contribution in [0.1, 0.15) is 18.4 Å². The number of halogens is 2. The number of piperidine rings is 1. The van der Waals surface area contributed by atoms with Crippen LogP contribution in [0.2, 0.25) is 5.02 Å². The average molecular weight is 319 g/mol. The Balaban J connectivity index is 2.17. The Morgan fingerprint density at radius 3 is 2.65 bits per heavy atom. The van der Waals surface area contributed by atoms with Gasteiger partial charge in [-0.05, 0) is 55.5 Å². The summed E-state index contributed by atoms with van der Waals surface area (Å²) in [6, 6.07) is 5.97. The Labute approximate surface area is 115 Å². The number of nitrogens with one attached hydrogen (secondary N) is 1. The quantitative estimate of drug-likeness (QED) is 0.898. The van der Waals surface area contributed by atoms with E-state index in [-0.39, 0.29) is 12.0 Å². The summed E-state index contributed by atoms with van der Waals surface area (Å²) >= 11 is 9.65. The third kappa shape index (κ3) is 3.22. The molecule has 0 radical (unpaired) electrons. The zero-order valence-electron chi connectivity index (χ0n) is 9.68. The first-order valence-corrected chi connectivity index (χ1v) is 7.08. The van der Waals surface area contributed by atoms with Gasteiger partial charge >= 0.3 is 0 Å². The van der Waals surface area contributed by atoms with E-state index in [1.807, 2.05) is 18.2 Å². The second-order valence-corrected chi connectivity index (χ2v) is 6.14. The number of hydrogen-bond donors (Lipinski definition) is 2. The lowest BCUT2D eigenvalue weighted by Gasteiger charge is -2.36. The molecule has 1 aromatic rings. The molecule has 0 bridgehead atoms. The SMILES string of the molecule is OCC1(Cc2ccc(Br)cc2Cl)CCNCC1. The summed E-state index contributed by atoms with van der Waals surface area (Å²) < 4.78 is 0.995. The van der Waals surface area contributed by atoms with Crippen LogP contribution in [0.15, 0.2) is 22.7 Å². The minimum absolute atomic E-state index is 0.00270. The van der Waals surface area contributed by atoms with Crippen molar-refractivity contribution in [2.45, 2.75) is 19.3 Å². The van der Waals surface area contributed by atoms with Crippen LogP contribution in [0, 0.1) is 5.41 Å². The molecule has 0 amide bonds. The Hall–Kier alpha value is -0.0900. The summed E-state index contributed by atoms with van der Waals surface area (Å²) in [7, 11) is 0. The van der Waals surface area contributed by atoms with Gasteiger partial charge in [-0.25, -0.2) is 0 Å². The topological polar surface area (TPSA) is 32.3 Å². The maximum Gasteiger partial charge on any atom is 0.0491 e. The molecular formula is C13H17BrClNO. The van der Waals surface area contributed by atoms with E-state index in [0.29, 0.717) is 0 Å². The van der Waals surface area contributed by atoms with Crippen molar-refractivity contribution >= 4 is 27.5 Å². The smallest absolute Gasteiger partial charge is 0.0491 e. The fourth-order valence-electron chi connectivity index (χ4n) is 2.42. The second-order valence-electron chi connectivity index (χ2n) is 4.82. The summed E-state index contributed by atoms with van der Waals surface area (Å²) in [6.07, 6.45) is 2.88. The van der Waals surface area contributed by atoms with Crippen molar-refractivity contribution in [3.05, 3.63) is 33.3 Å². The second kappa shape index (κ2) is 5.70. The van der Waals surface area contributed by atoms with Crippen LogP contribution in [0.5, 0.6) is 0 Å². The summed E-state index contributed by atoms with van der Waals surface area (Å²) in [5.41, 5.74) is 1.13. The van der Waals surface area contributed by atoms with Crippen molar-refractivity contribution in [1.29, 1.82) is 0 Å². The molecule has 0 unspecified atom stereocenters. The van der Waals surface area contributed by atoms with E-state index >= 15 is 0 Å². The van der Waals surface area contributed by atoms with Gasteiger partial charge in [0.1, 0.15) is 0 Å². The van der Waals surface area contributed by atoms with Crippen LogP contribution < -0.4 is 5.32 Å². The minimum atomic E-state index is 0.00270. The van der Waals surface area contributed by atoms with E-state index in [1.165, 1.54) is 0 Å². The van der Waals surface area contributed by atoms with E-state index in [2.05, 4.69) is 21.2 Å². The van der Waals surface area contributed by atoms with Crippen molar-refractivity contribution in [3.63, 3.8) is 0 Å². The van der Waals surface area contributed by atoms with Crippen molar-refractivity contribution < 1.29 is 5.11 Å². The first kappa shape index (κ1) is 13.3. The van der Waals surface area contributed by atoms with Gasteiger partial charge in [-0.1, -0.05) is 33.6 Å². The number of benzene rings is 1. The van der Waals surface area contributed by atoms with Crippen molar-refractivity contribution in [3.8, 4) is 0 Å². The van der Waals surface area contributed by atoms with Crippen LogP contribution in [0.4, 0.5) is 0 Å². The molecule has 1 heterocycles. The molecule has 2 nitrogen and oxygen atoms in total. The predicted molar refractivity (Wildman–Crippen MR) is 74.5 cm³/mol.